The molecular formula is C11H13N3O3. The van der Waals surface area contributed by atoms with Gasteiger partial charge in [-0.3, -0.25) is 0 Å². The predicted octanol–water partition coefficient (Wildman–Crippen LogP) is 1.50. The molecule has 0 saturated carbocycles. The Hall–Kier alpha value is -2.08. The number of phenols is 1. The summed E-state index contributed by atoms with van der Waals surface area (Å²) < 4.78 is 10.2. The van der Waals surface area contributed by atoms with Crippen LogP contribution in [0.2, 0.25) is 0 Å². The summed E-state index contributed by atoms with van der Waals surface area (Å²) in [5, 5.41) is 20.2. The molecule has 2 N–H and O–H groups in total. The molecule has 2 aromatic rings. The van der Waals surface area contributed by atoms with Crippen LogP contribution in [0.3, 0.4) is 0 Å². The monoisotopic (exact) mass is 235 g/mol. The van der Waals surface area contributed by atoms with Gasteiger partial charge < -0.3 is 19.6 Å². The molecule has 0 aliphatic carbocycles. The number of hydrogen-bond acceptors (Lipinski definition) is 6. The lowest BCUT2D eigenvalue weighted by Crippen LogP contribution is -2.07. The fourth-order valence-corrected chi connectivity index (χ4v) is 1.32. The topological polar surface area (TPSA) is 80.4 Å². The van der Waals surface area contributed by atoms with Gasteiger partial charge in [0.2, 0.25) is 0 Å². The number of hydrogen-bond donors (Lipinski definition) is 2. The van der Waals surface area contributed by atoms with Gasteiger partial charge in [0.15, 0.2) is 0 Å². The van der Waals surface area contributed by atoms with Crippen molar-refractivity contribution in [2.45, 2.75) is 0 Å². The molecule has 17 heavy (non-hydrogen) atoms. The average molecular weight is 235 g/mol. The van der Waals surface area contributed by atoms with Crippen molar-refractivity contribution in [2.75, 3.05) is 25.6 Å². The highest BCUT2D eigenvalue weighted by Gasteiger charge is 2.11. The van der Waals surface area contributed by atoms with Crippen LogP contribution in [0.4, 0.5) is 6.01 Å². The van der Waals surface area contributed by atoms with E-state index in [2.05, 4.69) is 15.5 Å². The second-order valence-corrected chi connectivity index (χ2v) is 3.35. The molecule has 0 unspecified atom stereocenters. The number of rotatable bonds is 5. The molecule has 0 amide bonds. The first-order valence-electron chi connectivity index (χ1n) is 5.16. The van der Waals surface area contributed by atoms with Crippen molar-refractivity contribution < 1.29 is 14.3 Å². The SMILES string of the molecule is COCCNc1nnc(-c2ccccc2O)o1. The molecule has 0 aliphatic rings. The quantitative estimate of drug-likeness (QED) is 0.764. The van der Waals surface area contributed by atoms with Crippen molar-refractivity contribution >= 4 is 6.01 Å². The fourth-order valence-electron chi connectivity index (χ4n) is 1.32. The number of phenolic OH excluding ortho intramolecular Hbond substituents is 1. The zero-order valence-electron chi connectivity index (χ0n) is 9.38. The van der Waals surface area contributed by atoms with Crippen LogP contribution < -0.4 is 5.32 Å². The Morgan fingerprint density at radius 2 is 2.18 bits per heavy atom. The number of nitrogens with zero attached hydrogens (tertiary/aromatic N) is 2. The molecule has 0 saturated heterocycles. The summed E-state index contributed by atoms with van der Waals surface area (Å²) in [7, 11) is 1.61. The van der Waals surface area contributed by atoms with Gasteiger partial charge in [-0.05, 0) is 12.1 Å². The van der Waals surface area contributed by atoms with Gasteiger partial charge in [0, 0.05) is 13.7 Å². The summed E-state index contributed by atoms with van der Waals surface area (Å²) >= 11 is 0. The number of aromatic hydroxyl groups is 1. The lowest BCUT2D eigenvalue weighted by Gasteiger charge is -1.99. The normalized spacial score (nSPS) is 10.4. The first-order chi connectivity index (χ1) is 8.31. The van der Waals surface area contributed by atoms with E-state index in [1.807, 2.05) is 0 Å². The minimum atomic E-state index is 0.111. The largest absolute Gasteiger partial charge is 0.507 e. The number of benzene rings is 1. The molecule has 0 fully saturated rings. The molecule has 6 nitrogen and oxygen atoms in total. The van der Waals surface area contributed by atoms with E-state index in [9.17, 15) is 5.11 Å². The molecule has 1 aromatic carbocycles. The van der Waals surface area contributed by atoms with Crippen LogP contribution in [0.25, 0.3) is 11.5 Å². The van der Waals surface area contributed by atoms with Gasteiger partial charge in [-0.25, -0.2) is 0 Å². The molecule has 0 spiro atoms. The number of para-hydroxylation sites is 1. The van der Waals surface area contributed by atoms with Crippen LogP contribution in [0, 0.1) is 0 Å². The average Bonchev–Trinajstić information content (AvgIpc) is 2.79. The van der Waals surface area contributed by atoms with Gasteiger partial charge in [-0.2, -0.15) is 0 Å². The number of aromatic nitrogens is 2. The zero-order valence-corrected chi connectivity index (χ0v) is 9.38. The van der Waals surface area contributed by atoms with Crippen LogP contribution in [0.15, 0.2) is 28.7 Å². The second kappa shape index (κ2) is 5.31. The first-order valence-corrected chi connectivity index (χ1v) is 5.16. The number of anilines is 1. The fraction of sp³-hybridized carbons (Fsp3) is 0.273. The summed E-state index contributed by atoms with van der Waals surface area (Å²) in [6, 6.07) is 7.10. The van der Waals surface area contributed by atoms with Crippen LogP contribution in [0.1, 0.15) is 0 Å². The van der Waals surface area contributed by atoms with E-state index in [4.69, 9.17) is 9.15 Å². The summed E-state index contributed by atoms with van der Waals surface area (Å²) in [5.41, 5.74) is 0.514. The lowest BCUT2D eigenvalue weighted by atomic mass is 10.2. The van der Waals surface area contributed by atoms with Crippen molar-refractivity contribution in [2.24, 2.45) is 0 Å². The highest BCUT2D eigenvalue weighted by molar-refractivity contribution is 5.61. The van der Waals surface area contributed by atoms with Gasteiger partial charge in [-0.1, -0.05) is 17.2 Å². The van der Waals surface area contributed by atoms with Crippen LogP contribution in [0.5, 0.6) is 5.75 Å². The van der Waals surface area contributed by atoms with Crippen LogP contribution >= 0.6 is 0 Å². The Morgan fingerprint density at radius 1 is 1.35 bits per heavy atom. The Kier molecular flexibility index (Phi) is 3.56. The summed E-state index contributed by atoms with van der Waals surface area (Å²) in [5.74, 6) is 0.391. The van der Waals surface area contributed by atoms with E-state index >= 15 is 0 Å². The van der Waals surface area contributed by atoms with E-state index in [1.54, 1.807) is 31.4 Å². The number of ether oxygens (including phenoxy) is 1. The smallest absolute Gasteiger partial charge is 0.315 e. The van der Waals surface area contributed by atoms with Crippen molar-refractivity contribution in [3.63, 3.8) is 0 Å². The van der Waals surface area contributed by atoms with Gasteiger partial charge in [0.05, 0.1) is 12.2 Å². The third-order valence-electron chi connectivity index (χ3n) is 2.14. The van der Waals surface area contributed by atoms with E-state index in [0.29, 0.717) is 24.7 Å². The van der Waals surface area contributed by atoms with E-state index in [-0.39, 0.29) is 11.6 Å². The first kappa shape index (κ1) is 11.4. The predicted molar refractivity (Wildman–Crippen MR) is 61.8 cm³/mol. The summed E-state index contributed by atoms with van der Waals surface area (Å²) in [4.78, 5) is 0. The molecular weight excluding hydrogens is 222 g/mol. The molecule has 0 bridgehead atoms. The molecule has 0 atom stereocenters. The summed E-state index contributed by atoms with van der Waals surface area (Å²) in [6.07, 6.45) is 0. The van der Waals surface area contributed by atoms with Crippen molar-refractivity contribution in [1.82, 2.24) is 10.2 Å². The molecule has 0 aliphatic heterocycles. The van der Waals surface area contributed by atoms with Gasteiger partial charge in [0.25, 0.3) is 5.89 Å². The third kappa shape index (κ3) is 2.73. The molecule has 0 radical (unpaired) electrons. The molecule has 1 heterocycles. The standard InChI is InChI=1S/C11H13N3O3/c1-16-7-6-12-11-14-13-10(17-11)8-4-2-3-5-9(8)15/h2-5,15H,6-7H2,1H3,(H,12,14). The summed E-state index contributed by atoms with van der Waals surface area (Å²) in [6.45, 7) is 1.13. The van der Waals surface area contributed by atoms with E-state index in [1.165, 1.54) is 0 Å². The van der Waals surface area contributed by atoms with Crippen LogP contribution in [-0.4, -0.2) is 35.6 Å². The Bertz CT molecular complexity index is 484. The zero-order chi connectivity index (χ0) is 12.1. The van der Waals surface area contributed by atoms with E-state index in [0.717, 1.165) is 0 Å². The maximum Gasteiger partial charge on any atom is 0.315 e. The minimum absolute atomic E-state index is 0.111. The lowest BCUT2D eigenvalue weighted by molar-refractivity contribution is 0.210. The Labute approximate surface area is 98.2 Å². The number of nitrogens with one attached hydrogen (secondary N) is 1. The molecule has 6 heteroatoms. The maximum atomic E-state index is 9.62. The Morgan fingerprint density at radius 3 is 2.94 bits per heavy atom. The van der Waals surface area contributed by atoms with Crippen molar-refractivity contribution in [1.29, 1.82) is 0 Å². The molecule has 2 rings (SSSR count). The minimum Gasteiger partial charge on any atom is -0.507 e. The van der Waals surface area contributed by atoms with Crippen molar-refractivity contribution in [3.8, 4) is 17.2 Å². The highest BCUT2D eigenvalue weighted by atomic mass is 16.5. The highest BCUT2D eigenvalue weighted by Crippen LogP contribution is 2.27. The van der Waals surface area contributed by atoms with Gasteiger partial charge >= 0.3 is 6.01 Å². The maximum absolute atomic E-state index is 9.62. The third-order valence-corrected chi connectivity index (χ3v) is 2.14. The number of methoxy groups -OCH3 is 1. The second-order valence-electron chi connectivity index (χ2n) is 3.35. The van der Waals surface area contributed by atoms with Gasteiger partial charge in [0.1, 0.15) is 5.75 Å². The molecule has 90 valence electrons. The van der Waals surface area contributed by atoms with Crippen LogP contribution in [-0.2, 0) is 4.74 Å². The molecule has 1 aromatic heterocycles. The van der Waals surface area contributed by atoms with Gasteiger partial charge in [-0.15, -0.1) is 5.10 Å². The Balaban J connectivity index is 2.10. The van der Waals surface area contributed by atoms with Crippen molar-refractivity contribution in [3.05, 3.63) is 24.3 Å². The van der Waals surface area contributed by atoms with E-state index < -0.39 is 0 Å².